The average molecular weight is 455 g/mol. The minimum absolute atomic E-state index is 0.0265. The van der Waals surface area contributed by atoms with Crippen LogP contribution in [-0.2, 0) is 14.3 Å². The number of ether oxygens (including phenoxy) is 1. The lowest BCUT2D eigenvalue weighted by Crippen LogP contribution is -2.34. The Bertz CT molecular complexity index is 1110. The van der Waals surface area contributed by atoms with E-state index in [0.29, 0.717) is 17.2 Å². The Labute approximate surface area is 190 Å². The molecule has 3 rings (SSSR count). The molecule has 0 fully saturated rings. The summed E-state index contributed by atoms with van der Waals surface area (Å²) in [6.07, 6.45) is 0.398. The minimum atomic E-state index is -0.528. The first-order chi connectivity index (χ1) is 15.4. The van der Waals surface area contributed by atoms with Crippen molar-refractivity contribution in [3.8, 4) is 0 Å². The van der Waals surface area contributed by atoms with E-state index in [4.69, 9.17) is 4.74 Å². The SMILES string of the molecule is CCOC(=O)CC(NC(=O)Nc1cc(C)c2nc(NC(=O)CC)sc2c1)c1ccccc1. The number of rotatable bonds is 8. The Kier molecular flexibility index (Phi) is 7.77. The van der Waals surface area contributed by atoms with Crippen molar-refractivity contribution >= 4 is 50.3 Å². The molecule has 32 heavy (non-hydrogen) atoms. The van der Waals surface area contributed by atoms with Gasteiger partial charge in [-0.1, -0.05) is 48.6 Å². The second kappa shape index (κ2) is 10.7. The van der Waals surface area contributed by atoms with Gasteiger partial charge in [-0.25, -0.2) is 9.78 Å². The van der Waals surface area contributed by atoms with E-state index in [1.54, 1.807) is 13.8 Å². The summed E-state index contributed by atoms with van der Waals surface area (Å²) in [5.74, 6) is -0.488. The van der Waals surface area contributed by atoms with Gasteiger partial charge in [0.2, 0.25) is 5.91 Å². The van der Waals surface area contributed by atoms with Crippen molar-refractivity contribution in [1.29, 1.82) is 0 Å². The van der Waals surface area contributed by atoms with E-state index in [0.717, 1.165) is 21.3 Å². The van der Waals surface area contributed by atoms with Crippen LogP contribution in [0.2, 0.25) is 0 Å². The molecule has 3 N–H and O–H groups in total. The van der Waals surface area contributed by atoms with Crippen LogP contribution in [0.3, 0.4) is 0 Å². The van der Waals surface area contributed by atoms with Gasteiger partial charge in [0.1, 0.15) is 0 Å². The lowest BCUT2D eigenvalue weighted by Gasteiger charge is -2.19. The van der Waals surface area contributed by atoms with Crippen LogP contribution in [0.25, 0.3) is 10.2 Å². The molecule has 168 valence electrons. The fourth-order valence-corrected chi connectivity index (χ4v) is 4.18. The Morgan fingerprint density at radius 3 is 2.53 bits per heavy atom. The van der Waals surface area contributed by atoms with Crippen LogP contribution in [0, 0.1) is 6.92 Å². The Hall–Kier alpha value is -3.46. The van der Waals surface area contributed by atoms with Crippen molar-refractivity contribution in [2.24, 2.45) is 0 Å². The van der Waals surface area contributed by atoms with Crippen LogP contribution in [0.15, 0.2) is 42.5 Å². The molecular weight excluding hydrogens is 428 g/mol. The largest absolute Gasteiger partial charge is 0.466 e. The van der Waals surface area contributed by atoms with Gasteiger partial charge in [0.25, 0.3) is 0 Å². The number of urea groups is 1. The number of nitrogens with zero attached hydrogens (tertiary/aromatic N) is 1. The van der Waals surface area contributed by atoms with E-state index < -0.39 is 12.1 Å². The molecule has 0 saturated carbocycles. The highest BCUT2D eigenvalue weighted by molar-refractivity contribution is 7.22. The van der Waals surface area contributed by atoms with Crippen LogP contribution in [0.4, 0.5) is 15.6 Å². The molecule has 0 aliphatic rings. The van der Waals surface area contributed by atoms with E-state index in [2.05, 4.69) is 20.9 Å². The third-order valence-electron chi connectivity index (χ3n) is 4.69. The number of carbonyl (C=O) groups is 3. The van der Waals surface area contributed by atoms with Crippen molar-refractivity contribution in [3.05, 3.63) is 53.6 Å². The third kappa shape index (κ3) is 6.04. The lowest BCUT2D eigenvalue weighted by molar-refractivity contribution is -0.143. The number of anilines is 2. The van der Waals surface area contributed by atoms with Crippen LogP contribution in [0.1, 0.15) is 43.9 Å². The average Bonchev–Trinajstić information content (AvgIpc) is 3.16. The first kappa shape index (κ1) is 23.2. The second-order valence-corrected chi connectivity index (χ2v) is 8.16. The number of esters is 1. The molecule has 8 nitrogen and oxygen atoms in total. The quantitative estimate of drug-likeness (QED) is 0.425. The first-order valence-electron chi connectivity index (χ1n) is 10.4. The number of hydrogen-bond acceptors (Lipinski definition) is 6. The smallest absolute Gasteiger partial charge is 0.319 e. The highest BCUT2D eigenvalue weighted by atomic mass is 32.1. The maximum Gasteiger partial charge on any atom is 0.319 e. The number of aryl methyl sites for hydroxylation is 1. The van der Waals surface area contributed by atoms with Gasteiger partial charge in [-0.3, -0.25) is 9.59 Å². The second-order valence-electron chi connectivity index (χ2n) is 7.13. The van der Waals surface area contributed by atoms with E-state index in [-0.39, 0.29) is 24.9 Å². The van der Waals surface area contributed by atoms with Gasteiger partial charge >= 0.3 is 12.0 Å². The summed E-state index contributed by atoms with van der Waals surface area (Å²) in [4.78, 5) is 40.9. The molecule has 1 atom stereocenters. The number of nitrogens with one attached hydrogen (secondary N) is 3. The molecule has 3 amide bonds. The van der Waals surface area contributed by atoms with Gasteiger partial charge in [-0.15, -0.1) is 0 Å². The number of aromatic nitrogens is 1. The zero-order valence-electron chi connectivity index (χ0n) is 18.2. The molecule has 0 saturated heterocycles. The maximum absolute atomic E-state index is 12.7. The highest BCUT2D eigenvalue weighted by Crippen LogP contribution is 2.31. The molecule has 0 aliphatic heterocycles. The van der Waals surface area contributed by atoms with E-state index >= 15 is 0 Å². The standard InChI is InChI=1S/C23H26N4O4S/c1-4-19(28)26-23-27-21-14(3)11-16(12-18(21)32-23)24-22(30)25-17(13-20(29)31-5-2)15-9-7-6-8-10-15/h6-12,17H,4-5,13H2,1-3H3,(H2,24,25,30)(H,26,27,28). The minimum Gasteiger partial charge on any atom is -0.466 e. The molecule has 1 unspecified atom stereocenters. The number of carbonyl (C=O) groups excluding carboxylic acids is 3. The number of hydrogen-bond donors (Lipinski definition) is 3. The summed E-state index contributed by atoms with van der Waals surface area (Å²) in [6.45, 7) is 5.69. The molecule has 0 spiro atoms. The molecular formula is C23H26N4O4S. The third-order valence-corrected chi connectivity index (χ3v) is 5.61. The van der Waals surface area contributed by atoms with E-state index in [1.807, 2.05) is 49.4 Å². The van der Waals surface area contributed by atoms with Gasteiger partial charge < -0.3 is 20.7 Å². The molecule has 9 heteroatoms. The van der Waals surface area contributed by atoms with Gasteiger partial charge in [0, 0.05) is 12.1 Å². The summed E-state index contributed by atoms with van der Waals surface area (Å²) < 4.78 is 5.89. The fourth-order valence-electron chi connectivity index (χ4n) is 3.18. The Balaban J connectivity index is 1.75. The van der Waals surface area contributed by atoms with Crippen molar-refractivity contribution < 1.29 is 19.1 Å². The molecule has 0 radical (unpaired) electrons. The molecule has 0 bridgehead atoms. The van der Waals surface area contributed by atoms with Gasteiger partial charge in [0.15, 0.2) is 5.13 Å². The Morgan fingerprint density at radius 1 is 1.09 bits per heavy atom. The zero-order valence-corrected chi connectivity index (χ0v) is 19.0. The number of thiazole rings is 1. The number of amides is 3. The molecule has 3 aromatic rings. The Morgan fingerprint density at radius 2 is 1.84 bits per heavy atom. The first-order valence-corrected chi connectivity index (χ1v) is 11.2. The number of benzene rings is 2. The molecule has 1 aromatic heterocycles. The van der Waals surface area contributed by atoms with Crippen LogP contribution in [0.5, 0.6) is 0 Å². The van der Waals surface area contributed by atoms with Crippen molar-refractivity contribution in [2.75, 3.05) is 17.2 Å². The monoisotopic (exact) mass is 454 g/mol. The summed E-state index contributed by atoms with van der Waals surface area (Å²) in [6, 6.07) is 11.9. The van der Waals surface area contributed by atoms with Crippen molar-refractivity contribution in [2.45, 2.75) is 39.7 Å². The van der Waals surface area contributed by atoms with E-state index in [1.165, 1.54) is 11.3 Å². The molecule has 0 aliphatic carbocycles. The fraction of sp³-hybridized carbons (Fsp3) is 0.304. The van der Waals surface area contributed by atoms with Crippen molar-refractivity contribution in [1.82, 2.24) is 10.3 Å². The number of fused-ring (bicyclic) bond motifs is 1. The lowest BCUT2D eigenvalue weighted by atomic mass is 10.0. The summed E-state index contributed by atoms with van der Waals surface area (Å²) in [7, 11) is 0. The summed E-state index contributed by atoms with van der Waals surface area (Å²) >= 11 is 1.35. The van der Waals surface area contributed by atoms with Crippen LogP contribution >= 0.6 is 11.3 Å². The zero-order chi connectivity index (χ0) is 23.1. The maximum atomic E-state index is 12.7. The van der Waals surface area contributed by atoms with Gasteiger partial charge in [-0.2, -0.15) is 0 Å². The highest BCUT2D eigenvalue weighted by Gasteiger charge is 2.19. The van der Waals surface area contributed by atoms with Crippen LogP contribution in [-0.4, -0.2) is 29.5 Å². The summed E-state index contributed by atoms with van der Waals surface area (Å²) in [5, 5.41) is 8.98. The van der Waals surface area contributed by atoms with Gasteiger partial charge in [0.05, 0.1) is 29.3 Å². The summed E-state index contributed by atoms with van der Waals surface area (Å²) in [5.41, 5.74) is 3.04. The van der Waals surface area contributed by atoms with Gasteiger partial charge in [-0.05, 0) is 37.1 Å². The predicted molar refractivity (Wildman–Crippen MR) is 126 cm³/mol. The van der Waals surface area contributed by atoms with E-state index in [9.17, 15) is 14.4 Å². The molecule has 1 heterocycles. The topological polar surface area (TPSA) is 109 Å². The van der Waals surface area contributed by atoms with Crippen molar-refractivity contribution in [3.63, 3.8) is 0 Å². The normalized spacial score (nSPS) is 11.6. The van der Waals surface area contributed by atoms with Crippen LogP contribution < -0.4 is 16.0 Å². The molecule has 2 aromatic carbocycles. The predicted octanol–water partition coefficient (Wildman–Crippen LogP) is 4.77.